The summed E-state index contributed by atoms with van der Waals surface area (Å²) in [6, 6.07) is 5.74. The van der Waals surface area contributed by atoms with Crippen LogP contribution in [0.15, 0.2) is 23.0 Å². The maximum absolute atomic E-state index is 11.8. The van der Waals surface area contributed by atoms with E-state index in [0.717, 1.165) is 16.5 Å². The van der Waals surface area contributed by atoms with Gasteiger partial charge in [0.2, 0.25) is 0 Å². The van der Waals surface area contributed by atoms with E-state index in [0.29, 0.717) is 0 Å². The molecule has 0 aliphatic rings. The molecule has 80 valence electrons. The van der Waals surface area contributed by atoms with E-state index < -0.39 is 0 Å². The lowest BCUT2D eigenvalue weighted by Crippen LogP contribution is -2.16. The van der Waals surface area contributed by atoms with Crippen LogP contribution in [0.25, 0.3) is 10.9 Å². The Kier molecular flexibility index (Phi) is 2.16. The molecule has 1 heterocycles. The van der Waals surface area contributed by atoms with E-state index >= 15 is 0 Å². The molecule has 0 aliphatic heterocycles. The lowest BCUT2D eigenvalue weighted by Gasteiger charge is -2.04. The van der Waals surface area contributed by atoms with Crippen molar-refractivity contribution in [1.82, 2.24) is 9.36 Å². The van der Waals surface area contributed by atoms with Crippen LogP contribution in [-0.4, -0.2) is 9.36 Å². The van der Waals surface area contributed by atoms with Crippen LogP contribution in [0.5, 0.6) is 0 Å². The molecule has 0 saturated heterocycles. The standard InChI is InChI=1S/C11H15N3O/c1-7(12)8-4-5-10-9(6-8)11(15)14(3)13(10)2/h4-7H,12H2,1-3H3. The predicted octanol–water partition coefficient (Wildman–Crippen LogP) is 0.897. The first-order valence-electron chi connectivity index (χ1n) is 4.93. The molecule has 0 bridgehead atoms. The predicted molar refractivity (Wildman–Crippen MR) is 60.8 cm³/mol. The molecular formula is C11H15N3O. The van der Waals surface area contributed by atoms with Gasteiger partial charge in [-0.25, -0.2) is 0 Å². The van der Waals surface area contributed by atoms with Crippen LogP contribution in [0.2, 0.25) is 0 Å². The Morgan fingerprint density at radius 1 is 1.27 bits per heavy atom. The molecule has 0 spiro atoms. The molecule has 0 saturated carbocycles. The Morgan fingerprint density at radius 2 is 1.93 bits per heavy atom. The second-order valence-electron chi connectivity index (χ2n) is 3.92. The maximum atomic E-state index is 11.8. The zero-order valence-corrected chi connectivity index (χ0v) is 9.19. The fraction of sp³-hybridized carbons (Fsp3) is 0.364. The summed E-state index contributed by atoms with van der Waals surface area (Å²) in [4.78, 5) is 11.8. The average Bonchev–Trinajstić information content (AvgIpc) is 2.44. The summed E-state index contributed by atoms with van der Waals surface area (Å²) in [5.74, 6) is 0. The minimum atomic E-state index is -0.0423. The molecule has 0 radical (unpaired) electrons. The van der Waals surface area contributed by atoms with Gasteiger partial charge in [0.1, 0.15) is 0 Å². The minimum absolute atomic E-state index is 0.0231. The van der Waals surface area contributed by atoms with Crippen molar-refractivity contribution in [3.05, 3.63) is 34.1 Å². The second-order valence-corrected chi connectivity index (χ2v) is 3.92. The molecule has 0 amide bonds. The number of nitrogens with zero attached hydrogens (tertiary/aromatic N) is 2. The molecule has 1 atom stereocenters. The quantitative estimate of drug-likeness (QED) is 0.752. The number of nitrogens with two attached hydrogens (primary N) is 1. The summed E-state index contributed by atoms with van der Waals surface area (Å²) in [5.41, 5.74) is 7.74. The van der Waals surface area contributed by atoms with Crippen molar-refractivity contribution in [3.8, 4) is 0 Å². The third kappa shape index (κ3) is 1.37. The summed E-state index contributed by atoms with van der Waals surface area (Å²) >= 11 is 0. The first-order valence-corrected chi connectivity index (χ1v) is 4.93. The average molecular weight is 205 g/mol. The van der Waals surface area contributed by atoms with Crippen molar-refractivity contribution in [2.24, 2.45) is 19.8 Å². The highest BCUT2D eigenvalue weighted by Crippen LogP contribution is 2.16. The molecule has 0 fully saturated rings. The second kappa shape index (κ2) is 3.24. The smallest absolute Gasteiger partial charge is 0.274 e. The maximum Gasteiger partial charge on any atom is 0.274 e. The molecule has 2 N–H and O–H groups in total. The van der Waals surface area contributed by atoms with Crippen molar-refractivity contribution in [2.75, 3.05) is 0 Å². The van der Waals surface area contributed by atoms with Gasteiger partial charge in [0.05, 0.1) is 10.9 Å². The molecular weight excluding hydrogens is 190 g/mol. The van der Waals surface area contributed by atoms with Crippen LogP contribution in [0.4, 0.5) is 0 Å². The third-order valence-corrected chi connectivity index (χ3v) is 2.87. The van der Waals surface area contributed by atoms with Gasteiger partial charge >= 0.3 is 0 Å². The molecule has 15 heavy (non-hydrogen) atoms. The number of aromatic nitrogens is 2. The van der Waals surface area contributed by atoms with E-state index in [9.17, 15) is 4.79 Å². The van der Waals surface area contributed by atoms with E-state index in [4.69, 9.17) is 5.73 Å². The van der Waals surface area contributed by atoms with E-state index in [-0.39, 0.29) is 11.6 Å². The molecule has 1 aromatic carbocycles. The van der Waals surface area contributed by atoms with Gasteiger partial charge in [-0.1, -0.05) is 6.07 Å². The molecule has 4 nitrogen and oxygen atoms in total. The molecule has 2 aromatic rings. The fourth-order valence-corrected chi connectivity index (χ4v) is 1.76. The summed E-state index contributed by atoms with van der Waals surface area (Å²) in [6.45, 7) is 1.91. The van der Waals surface area contributed by atoms with Crippen molar-refractivity contribution in [1.29, 1.82) is 0 Å². The van der Waals surface area contributed by atoms with Crippen LogP contribution in [0, 0.1) is 0 Å². The van der Waals surface area contributed by atoms with Crippen molar-refractivity contribution in [2.45, 2.75) is 13.0 Å². The fourth-order valence-electron chi connectivity index (χ4n) is 1.76. The molecule has 1 aromatic heterocycles. The van der Waals surface area contributed by atoms with Crippen LogP contribution in [0.3, 0.4) is 0 Å². The SMILES string of the molecule is CC(N)c1ccc2c(c1)c(=O)n(C)n2C. The lowest BCUT2D eigenvalue weighted by molar-refractivity contribution is 0.595. The largest absolute Gasteiger partial charge is 0.324 e. The lowest BCUT2D eigenvalue weighted by atomic mass is 10.1. The number of hydrogen-bond acceptors (Lipinski definition) is 2. The zero-order valence-electron chi connectivity index (χ0n) is 9.19. The van der Waals surface area contributed by atoms with Gasteiger partial charge in [-0.05, 0) is 24.6 Å². The topological polar surface area (TPSA) is 53.0 Å². The van der Waals surface area contributed by atoms with Gasteiger partial charge < -0.3 is 5.73 Å². The van der Waals surface area contributed by atoms with E-state index in [2.05, 4.69) is 0 Å². The minimum Gasteiger partial charge on any atom is -0.324 e. The highest BCUT2D eigenvalue weighted by Gasteiger charge is 2.09. The summed E-state index contributed by atoms with van der Waals surface area (Å²) < 4.78 is 3.43. The number of aryl methyl sites for hydroxylation is 1. The summed E-state index contributed by atoms with van der Waals surface area (Å²) in [7, 11) is 3.63. The Bertz CT molecular complexity index is 563. The normalized spacial score (nSPS) is 13.3. The number of hydrogen-bond donors (Lipinski definition) is 1. The van der Waals surface area contributed by atoms with Gasteiger partial charge in [-0.15, -0.1) is 0 Å². The van der Waals surface area contributed by atoms with Gasteiger partial charge in [0, 0.05) is 20.1 Å². The number of rotatable bonds is 1. The zero-order chi connectivity index (χ0) is 11.2. The van der Waals surface area contributed by atoms with Crippen molar-refractivity contribution in [3.63, 3.8) is 0 Å². The van der Waals surface area contributed by atoms with Gasteiger partial charge in [-0.3, -0.25) is 14.2 Å². The number of fused-ring (bicyclic) bond motifs is 1. The number of benzene rings is 1. The first-order chi connectivity index (χ1) is 7.02. The Hall–Kier alpha value is -1.55. The van der Waals surface area contributed by atoms with Gasteiger partial charge in [-0.2, -0.15) is 0 Å². The first kappa shape index (κ1) is 9.98. The van der Waals surface area contributed by atoms with E-state index in [1.54, 1.807) is 11.7 Å². The summed E-state index contributed by atoms with van der Waals surface area (Å²) in [5, 5.41) is 0.731. The van der Waals surface area contributed by atoms with Crippen LogP contribution in [0.1, 0.15) is 18.5 Å². The van der Waals surface area contributed by atoms with Crippen LogP contribution in [-0.2, 0) is 14.1 Å². The monoisotopic (exact) mass is 205 g/mol. The Morgan fingerprint density at radius 3 is 2.53 bits per heavy atom. The van der Waals surface area contributed by atoms with Crippen LogP contribution < -0.4 is 11.3 Å². The molecule has 4 heteroatoms. The molecule has 2 rings (SSSR count). The van der Waals surface area contributed by atoms with E-state index in [1.165, 1.54) is 0 Å². The van der Waals surface area contributed by atoms with E-state index in [1.807, 2.05) is 36.9 Å². The highest BCUT2D eigenvalue weighted by molar-refractivity contribution is 5.79. The van der Waals surface area contributed by atoms with Gasteiger partial charge in [0.25, 0.3) is 5.56 Å². The Labute approximate surface area is 87.9 Å². The van der Waals surface area contributed by atoms with Gasteiger partial charge in [0.15, 0.2) is 0 Å². The van der Waals surface area contributed by atoms with Crippen molar-refractivity contribution < 1.29 is 0 Å². The highest BCUT2D eigenvalue weighted by atomic mass is 16.1. The molecule has 1 unspecified atom stereocenters. The molecule has 0 aliphatic carbocycles. The van der Waals surface area contributed by atoms with Crippen LogP contribution >= 0.6 is 0 Å². The Balaban J connectivity index is 2.83. The van der Waals surface area contributed by atoms with Crippen molar-refractivity contribution >= 4 is 10.9 Å². The third-order valence-electron chi connectivity index (χ3n) is 2.87. The summed E-state index contributed by atoms with van der Waals surface area (Å²) in [6.07, 6.45) is 0.